The largest absolute Gasteiger partial charge is 0.294 e. The maximum atomic E-state index is 2.62. The van der Waals surface area contributed by atoms with E-state index in [9.17, 15) is 0 Å². The molecule has 13 heavy (non-hydrogen) atoms. The zero-order chi connectivity index (χ0) is 9.84. The normalized spacial score (nSPS) is 30.2. The van der Waals surface area contributed by atoms with E-state index in [4.69, 9.17) is 0 Å². The fourth-order valence-electron chi connectivity index (χ4n) is 2.12. The Hall–Kier alpha value is -0.300. The maximum absolute atomic E-state index is 2.62. The number of nitrogens with zero attached hydrogens (tertiary/aromatic N) is 1. The Morgan fingerprint density at radius 1 is 1.23 bits per heavy atom. The lowest BCUT2D eigenvalue weighted by atomic mass is 9.97. The van der Waals surface area contributed by atoms with E-state index in [-0.39, 0.29) is 0 Å². The van der Waals surface area contributed by atoms with E-state index in [0.717, 1.165) is 18.6 Å². The van der Waals surface area contributed by atoms with E-state index in [1.165, 1.54) is 24.8 Å². The van der Waals surface area contributed by atoms with Crippen LogP contribution in [-0.2, 0) is 0 Å². The lowest BCUT2D eigenvalue weighted by Gasteiger charge is -2.38. The van der Waals surface area contributed by atoms with Crippen LogP contribution in [0.3, 0.4) is 0 Å². The first kappa shape index (κ1) is 10.8. The van der Waals surface area contributed by atoms with Gasteiger partial charge in [-0.1, -0.05) is 18.1 Å². The standard InChI is InChI=1S/C12H23N/c1-10(2)8-9-13-11(3)6-5-7-12(13)4/h8,11-12H,5-7,9H2,1-4H3/t11-,12-/m0/s1. The molecule has 0 aromatic heterocycles. The minimum absolute atomic E-state index is 0.777. The molecule has 0 saturated carbocycles. The van der Waals surface area contributed by atoms with Gasteiger partial charge in [-0.25, -0.2) is 0 Å². The lowest BCUT2D eigenvalue weighted by Crippen LogP contribution is -2.43. The van der Waals surface area contributed by atoms with E-state index < -0.39 is 0 Å². The van der Waals surface area contributed by atoms with Crippen LogP contribution in [0.25, 0.3) is 0 Å². The van der Waals surface area contributed by atoms with Crippen LogP contribution in [0.15, 0.2) is 11.6 Å². The van der Waals surface area contributed by atoms with Crippen molar-refractivity contribution in [3.05, 3.63) is 11.6 Å². The van der Waals surface area contributed by atoms with Crippen LogP contribution in [0.2, 0.25) is 0 Å². The van der Waals surface area contributed by atoms with E-state index in [2.05, 4.69) is 38.7 Å². The summed E-state index contributed by atoms with van der Waals surface area (Å²) in [5, 5.41) is 0. The molecule has 0 spiro atoms. The van der Waals surface area contributed by atoms with Gasteiger partial charge in [0.15, 0.2) is 0 Å². The number of piperidine rings is 1. The molecule has 1 heteroatoms. The molecule has 1 rings (SSSR count). The average Bonchev–Trinajstić information content (AvgIpc) is 2.03. The van der Waals surface area contributed by atoms with Crippen molar-refractivity contribution in [2.75, 3.05) is 6.54 Å². The zero-order valence-electron chi connectivity index (χ0n) is 9.51. The molecule has 0 aromatic rings. The molecule has 1 nitrogen and oxygen atoms in total. The summed E-state index contributed by atoms with van der Waals surface area (Å²) < 4.78 is 0. The molecule has 1 heterocycles. The van der Waals surface area contributed by atoms with Gasteiger partial charge in [0, 0.05) is 18.6 Å². The van der Waals surface area contributed by atoms with Crippen LogP contribution in [0.1, 0.15) is 47.0 Å². The molecule has 76 valence electrons. The summed E-state index contributed by atoms with van der Waals surface area (Å²) in [7, 11) is 0. The van der Waals surface area contributed by atoms with Crippen LogP contribution in [0.5, 0.6) is 0 Å². The van der Waals surface area contributed by atoms with Crippen molar-refractivity contribution in [1.82, 2.24) is 4.90 Å². The van der Waals surface area contributed by atoms with Gasteiger partial charge in [-0.05, 0) is 40.5 Å². The Morgan fingerprint density at radius 2 is 1.77 bits per heavy atom. The Kier molecular flexibility index (Phi) is 3.98. The summed E-state index contributed by atoms with van der Waals surface area (Å²) in [6.07, 6.45) is 6.51. The van der Waals surface area contributed by atoms with Crippen molar-refractivity contribution in [2.45, 2.75) is 59.0 Å². The third-order valence-corrected chi connectivity index (χ3v) is 3.09. The van der Waals surface area contributed by atoms with E-state index in [0.29, 0.717) is 0 Å². The fourth-order valence-corrected chi connectivity index (χ4v) is 2.12. The highest BCUT2D eigenvalue weighted by Gasteiger charge is 2.22. The monoisotopic (exact) mass is 181 g/mol. The molecule has 0 aliphatic carbocycles. The molecular formula is C12H23N. The number of hydrogen-bond acceptors (Lipinski definition) is 1. The van der Waals surface area contributed by atoms with E-state index >= 15 is 0 Å². The van der Waals surface area contributed by atoms with Crippen LogP contribution < -0.4 is 0 Å². The Balaban J connectivity index is 2.49. The molecule has 0 bridgehead atoms. The van der Waals surface area contributed by atoms with Crippen molar-refractivity contribution in [2.24, 2.45) is 0 Å². The average molecular weight is 181 g/mol. The van der Waals surface area contributed by atoms with Crippen LogP contribution in [0, 0.1) is 0 Å². The summed E-state index contributed by atoms with van der Waals surface area (Å²) >= 11 is 0. The Morgan fingerprint density at radius 3 is 2.23 bits per heavy atom. The highest BCUT2D eigenvalue weighted by molar-refractivity contribution is 4.97. The van der Waals surface area contributed by atoms with Crippen LogP contribution >= 0.6 is 0 Å². The van der Waals surface area contributed by atoms with Crippen LogP contribution in [-0.4, -0.2) is 23.5 Å². The number of allylic oxidation sites excluding steroid dienone is 1. The highest BCUT2D eigenvalue weighted by atomic mass is 15.2. The predicted octanol–water partition coefficient (Wildman–Crippen LogP) is 3.22. The second-order valence-corrected chi connectivity index (χ2v) is 4.61. The van der Waals surface area contributed by atoms with Crippen molar-refractivity contribution in [3.63, 3.8) is 0 Å². The number of rotatable bonds is 2. The smallest absolute Gasteiger partial charge is 0.0171 e. The lowest BCUT2D eigenvalue weighted by molar-refractivity contribution is 0.118. The van der Waals surface area contributed by atoms with Crippen molar-refractivity contribution >= 4 is 0 Å². The molecule has 0 unspecified atom stereocenters. The molecule has 1 aliphatic rings. The molecule has 0 N–H and O–H groups in total. The molecule has 0 amide bonds. The van der Waals surface area contributed by atoms with Crippen LogP contribution in [0.4, 0.5) is 0 Å². The van der Waals surface area contributed by atoms with Gasteiger partial charge in [-0.15, -0.1) is 0 Å². The topological polar surface area (TPSA) is 3.24 Å². The first-order valence-corrected chi connectivity index (χ1v) is 5.50. The Labute approximate surface area is 82.8 Å². The molecular weight excluding hydrogens is 158 g/mol. The second kappa shape index (κ2) is 4.80. The molecule has 1 aliphatic heterocycles. The third kappa shape index (κ3) is 3.15. The summed E-state index contributed by atoms with van der Waals surface area (Å²) in [6, 6.07) is 1.55. The number of hydrogen-bond donors (Lipinski definition) is 0. The minimum atomic E-state index is 0.777. The molecule has 1 saturated heterocycles. The molecule has 2 atom stereocenters. The SMILES string of the molecule is CC(C)=CCN1[C@@H](C)CCC[C@@H]1C. The highest BCUT2D eigenvalue weighted by Crippen LogP contribution is 2.22. The van der Waals surface area contributed by atoms with E-state index in [1.807, 2.05) is 0 Å². The third-order valence-electron chi connectivity index (χ3n) is 3.09. The first-order valence-electron chi connectivity index (χ1n) is 5.50. The maximum Gasteiger partial charge on any atom is 0.0171 e. The summed E-state index contributed by atoms with van der Waals surface area (Å²) in [5.41, 5.74) is 1.44. The number of likely N-dealkylation sites (tertiary alicyclic amines) is 1. The van der Waals surface area contributed by atoms with Gasteiger partial charge < -0.3 is 0 Å². The minimum Gasteiger partial charge on any atom is -0.294 e. The van der Waals surface area contributed by atoms with Gasteiger partial charge >= 0.3 is 0 Å². The second-order valence-electron chi connectivity index (χ2n) is 4.61. The van der Waals surface area contributed by atoms with Gasteiger partial charge in [0.2, 0.25) is 0 Å². The van der Waals surface area contributed by atoms with Crippen molar-refractivity contribution in [1.29, 1.82) is 0 Å². The fraction of sp³-hybridized carbons (Fsp3) is 0.833. The summed E-state index contributed by atoms with van der Waals surface area (Å²) in [4.78, 5) is 2.62. The quantitative estimate of drug-likeness (QED) is 0.591. The Bertz CT molecular complexity index is 170. The first-order chi connectivity index (χ1) is 6.11. The van der Waals surface area contributed by atoms with Crippen molar-refractivity contribution in [3.8, 4) is 0 Å². The van der Waals surface area contributed by atoms with Gasteiger partial charge in [0.25, 0.3) is 0 Å². The van der Waals surface area contributed by atoms with Crippen molar-refractivity contribution < 1.29 is 0 Å². The van der Waals surface area contributed by atoms with Gasteiger partial charge in [0.1, 0.15) is 0 Å². The molecule has 0 radical (unpaired) electrons. The van der Waals surface area contributed by atoms with E-state index in [1.54, 1.807) is 0 Å². The van der Waals surface area contributed by atoms with Gasteiger partial charge in [0.05, 0.1) is 0 Å². The zero-order valence-corrected chi connectivity index (χ0v) is 9.51. The summed E-state index contributed by atoms with van der Waals surface area (Å²) in [5.74, 6) is 0. The summed E-state index contributed by atoms with van der Waals surface area (Å²) in [6.45, 7) is 10.2. The van der Waals surface area contributed by atoms with Gasteiger partial charge in [-0.2, -0.15) is 0 Å². The van der Waals surface area contributed by atoms with Gasteiger partial charge in [-0.3, -0.25) is 4.90 Å². The molecule has 1 fully saturated rings. The predicted molar refractivity (Wildman–Crippen MR) is 58.9 cm³/mol. The molecule has 0 aromatic carbocycles.